The molecule has 6 nitrogen and oxygen atoms in total. The average Bonchev–Trinajstić information content (AvgIpc) is 2.88. The first kappa shape index (κ1) is 28.7. The molecule has 0 saturated heterocycles. The molecule has 0 amide bonds. The van der Waals surface area contributed by atoms with Gasteiger partial charge in [-0.3, -0.25) is 0 Å². The van der Waals surface area contributed by atoms with E-state index >= 15 is 4.89 Å². The summed E-state index contributed by atoms with van der Waals surface area (Å²) in [6.07, 6.45) is 0. The third kappa shape index (κ3) is 4.24. The van der Waals surface area contributed by atoms with Crippen LogP contribution in [0.15, 0.2) is 82.6 Å². The number of para-hydroxylation sites is 1. The molecule has 0 N–H and O–H groups in total. The minimum absolute atomic E-state index is 0.0283. The zero-order valence-corrected chi connectivity index (χ0v) is 26.9. The molecule has 8 heteroatoms. The van der Waals surface area contributed by atoms with Gasteiger partial charge < -0.3 is 0 Å². The molecule has 219 valence electrons. The topological polar surface area (TPSA) is 81.7 Å². The minimum atomic E-state index is -5.69. The van der Waals surface area contributed by atoms with Crippen LogP contribution in [0.2, 0.25) is 0 Å². The van der Waals surface area contributed by atoms with E-state index in [1.807, 2.05) is 91.8 Å². The average molecular weight is 604 g/mol. The quantitative estimate of drug-likeness (QED) is 0.188. The molecule has 0 atom stereocenters. The van der Waals surface area contributed by atoms with Crippen molar-refractivity contribution in [2.24, 2.45) is 0 Å². The van der Waals surface area contributed by atoms with E-state index in [4.69, 9.17) is 13.6 Å². The standard InChI is InChI=1S/C34H36O6PS/c1-21-17-25(33(3,4)5)31-29(19-21)42(36,37)30-20-22(2)18-26(34(6,7)8)32(30)40-41(35,39-31)28-16-12-10-14-24(28)23-13-9-11-15-27(23)38-41/h9-20H,1-8H3. The second kappa shape index (κ2) is 8.82. The molecule has 4 aromatic carbocycles. The van der Waals surface area contributed by atoms with Crippen LogP contribution >= 0.6 is 7.51 Å². The Morgan fingerprint density at radius 2 is 1.07 bits per heavy atom. The molecule has 6 rings (SSSR count). The van der Waals surface area contributed by atoms with Crippen LogP contribution in [-0.4, -0.2) is 8.42 Å². The van der Waals surface area contributed by atoms with Gasteiger partial charge in [0.1, 0.15) is 0 Å². The van der Waals surface area contributed by atoms with Gasteiger partial charge in [0.15, 0.2) is 0 Å². The van der Waals surface area contributed by atoms with E-state index in [1.54, 1.807) is 36.4 Å². The van der Waals surface area contributed by atoms with Crippen molar-refractivity contribution in [2.45, 2.75) is 76.0 Å². The Kier molecular flexibility index (Phi) is 6.03. The molecule has 2 heterocycles. The van der Waals surface area contributed by atoms with Crippen molar-refractivity contribution in [1.29, 1.82) is 0 Å². The van der Waals surface area contributed by atoms with Crippen LogP contribution in [0.25, 0.3) is 11.1 Å². The zero-order chi connectivity index (χ0) is 30.5. The van der Waals surface area contributed by atoms with Gasteiger partial charge in [-0.15, -0.1) is 0 Å². The molecule has 0 fully saturated rings. The van der Waals surface area contributed by atoms with Crippen molar-refractivity contribution >= 4 is 22.7 Å². The molecule has 2 aliphatic heterocycles. The van der Waals surface area contributed by atoms with E-state index in [2.05, 4.69) is 0 Å². The molecule has 0 aliphatic carbocycles. The van der Waals surface area contributed by atoms with Crippen molar-refractivity contribution in [3.8, 4) is 28.4 Å². The van der Waals surface area contributed by atoms with E-state index in [9.17, 15) is 8.42 Å². The SMILES string of the molecule is Cc1cc(C(C)(C)C)c2c(c1)S(=O)(=O)c1cc(C)cc(C(C)(C)C)c1OP1([O])(Oc3ccccc3-c3ccccc31)O2. The predicted octanol–water partition coefficient (Wildman–Crippen LogP) is 8.53. The van der Waals surface area contributed by atoms with Gasteiger partial charge in [0.25, 0.3) is 0 Å². The Morgan fingerprint density at radius 3 is 1.57 bits per heavy atom. The van der Waals surface area contributed by atoms with Crippen molar-refractivity contribution < 1.29 is 26.9 Å². The Bertz CT molecular complexity index is 1820. The first-order valence-corrected chi connectivity index (χ1v) is 17.4. The Hall–Kier alpha value is -3.38. The normalized spacial score (nSPS) is 18.6. The van der Waals surface area contributed by atoms with Crippen molar-refractivity contribution in [3.05, 3.63) is 95.1 Å². The van der Waals surface area contributed by atoms with Gasteiger partial charge in [-0.25, -0.2) is 0 Å². The summed E-state index contributed by atoms with van der Waals surface area (Å²) in [6.45, 7) is 15.5. The first-order valence-electron chi connectivity index (χ1n) is 14.0. The van der Waals surface area contributed by atoms with Gasteiger partial charge >= 0.3 is 249 Å². The first-order chi connectivity index (χ1) is 19.4. The monoisotopic (exact) mass is 603 g/mol. The Labute approximate surface area is 248 Å². The summed E-state index contributed by atoms with van der Waals surface area (Å²) in [7, 11) is -9.90. The molecule has 2 aliphatic rings. The van der Waals surface area contributed by atoms with Crippen LogP contribution in [0.5, 0.6) is 17.2 Å². The molecule has 0 aromatic heterocycles. The number of aryl methyl sites for hydroxylation is 2. The number of hydrogen-bond acceptors (Lipinski definition) is 5. The summed E-state index contributed by atoms with van der Waals surface area (Å²) in [5, 5.41) is 0.222. The van der Waals surface area contributed by atoms with Gasteiger partial charge in [-0.2, -0.15) is 0 Å². The van der Waals surface area contributed by atoms with Gasteiger partial charge in [0.2, 0.25) is 0 Å². The fourth-order valence-corrected chi connectivity index (χ4v) is 10.5. The van der Waals surface area contributed by atoms with Gasteiger partial charge in [-0.05, 0) is 0 Å². The van der Waals surface area contributed by atoms with E-state index in [1.165, 1.54) is 0 Å². The third-order valence-corrected chi connectivity index (χ3v) is 12.3. The second-order valence-corrected chi connectivity index (χ2v) is 17.9. The second-order valence-electron chi connectivity index (χ2n) is 13.4. The summed E-state index contributed by atoms with van der Waals surface area (Å²) in [5.41, 5.74) is 2.85. The van der Waals surface area contributed by atoms with Crippen LogP contribution in [0.1, 0.15) is 63.8 Å². The van der Waals surface area contributed by atoms with Gasteiger partial charge in [0.05, 0.1) is 0 Å². The maximum absolute atomic E-state index is 16.2. The Morgan fingerprint density at radius 1 is 0.619 bits per heavy atom. The Balaban J connectivity index is 1.84. The molecular weight excluding hydrogens is 567 g/mol. The fourth-order valence-electron chi connectivity index (χ4n) is 5.78. The van der Waals surface area contributed by atoms with Gasteiger partial charge in [-0.1, -0.05) is 0 Å². The fraction of sp³-hybridized carbons (Fsp3) is 0.294. The van der Waals surface area contributed by atoms with Crippen LogP contribution in [0.4, 0.5) is 0 Å². The summed E-state index contributed by atoms with van der Waals surface area (Å²) in [5.74, 6) is 0.267. The van der Waals surface area contributed by atoms with E-state index in [-0.39, 0.29) is 26.6 Å². The maximum atomic E-state index is 16.2. The number of rotatable bonds is 0. The molecule has 1 spiro atoms. The van der Waals surface area contributed by atoms with Crippen molar-refractivity contribution in [2.75, 3.05) is 0 Å². The molecular formula is C34H36O6PS. The predicted molar refractivity (Wildman–Crippen MR) is 166 cm³/mol. The van der Waals surface area contributed by atoms with Crippen LogP contribution in [0, 0.1) is 13.8 Å². The number of benzene rings is 4. The summed E-state index contributed by atoms with van der Waals surface area (Å²) in [6, 6.07) is 21.4. The summed E-state index contributed by atoms with van der Waals surface area (Å²) in [4.78, 5) is 16.1. The van der Waals surface area contributed by atoms with Crippen LogP contribution in [0.3, 0.4) is 0 Å². The number of fused-ring (bicyclic) bond motifs is 6. The molecule has 0 bridgehead atoms. The number of sulfone groups is 1. The molecule has 0 unspecified atom stereocenters. The molecule has 0 saturated carbocycles. The molecule has 4 aromatic rings. The van der Waals surface area contributed by atoms with Crippen molar-refractivity contribution in [1.82, 2.24) is 0 Å². The van der Waals surface area contributed by atoms with Crippen molar-refractivity contribution in [3.63, 3.8) is 0 Å². The molecule has 1 radical (unpaired) electrons. The van der Waals surface area contributed by atoms with Crippen LogP contribution < -0.4 is 18.9 Å². The van der Waals surface area contributed by atoms with E-state index < -0.39 is 28.2 Å². The zero-order valence-electron chi connectivity index (χ0n) is 25.2. The van der Waals surface area contributed by atoms with Crippen LogP contribution in [-0.2, 0) is 25.6 Å². The summed E-state index contributed by atoms with van der Waals surface area (Å²) >= 11 is 0. The summed E-state index contributed by atoms with van der Waals surface area (Å²) < 4.78 is 49.2. The third-order valence-electron chi connectivity index (χ3n) is 7.82. The van der Waals surface area contributed by atoms with E-state index in [0.717, 1.165) is 16.7 Å². The van der Waals surface area contributed by atoms with Gasteiger partial charge in [0, 0.05) is 0 Å². The molecule has 42 heavy (non-hydrogen) atoms. The van der Waals surface area contributed by atoms with E-state index in [0.29, 0.717) is 22.4 Å². The number of hydrogen-bond donors (Lipinski definition) is 0.